The van der Waals surface area contributed by atoms with Crippen LogP contribution in [0.4, 0.5) is 5.13 Å². The second-order valence-corrected chi connectivity index (χ2v) is 6.76. The van der Waals surface area contributed by atoms with Gasteiger partial charge in [-0.1, -0.05) is 0 Å². The zero-order valence-corrected chi connectivity index (χ0v) is 16.0. The topological polar surface area (TPSA) is 73.2 Å². The molecule has 7 heteroatoms. The molecule has 25 heavy (non-hydrogen) atoms. The van der Waals surface area contributed by atoms with Crippen molar-refractivity contribution >= 4 is 34.4 Å². The quantitative estimate of drug-likeness (QED) is 0.629. The molecule has 0 radical (unpaired) electrons. The minimum atomic E-state index is -0.370. The average Bonchev–Trinajstić information content (AvgIpc) is 3.06. The lowest BCUT2D eigenvalue weighted by atomic mass is 10.1. The van der Waals surface area contributed by atoms with Crippen molar-refractivity contribution in [3.8, 4) is 0 Å². The average molecular weight is 361 g/mol. The van der Waals surface area contributed by atoms with Gasteiger partial charge in [0, 0.05) is 40.6 Å². The molecule has 134 valence electrons. The highest BCUT2D eigenvalue weighted by Gasteiger charge is 2.22. The predicted octanol–water partition coefficient (Wildman–Crippen LogP) is 3.72. The second-order valence-electron chi connectivity index (χ2n) is 5.52. The highest BCUT2D eigenvalue weighted by molar-refractivity contribution is 7.15. The number of nitrogens with zero attached hydrogens (tertiary/aromatic N) is 2. The van der Waals surface area contributed by atoms with Gasteiger partial charge >= 0.3 is 5.97 Å². The fourth-order valence-electron chi connectivity index (χ4n) is 2.77. The van der Waals surface area contributed by atoms with E-state index in [1.165, 1.54) is 17.4 Å². The van der Waals surface area contributed by atoms with Crippen LogP contribution in [0.2, 0.25) is 0 Å². The number of carbonyl (C=O) groups excluding carboxylic acids is 2. The number of thiazole rings is 1. The molecule has 0 spiro atoms. The lowest BCUT2D eigenvalue weighted by Gasteiger charge is -2.05. The van der Waals surface area contributed by atoms with Crippen LogP contribution in [0.5, 0.6) is 0 Å². The van der Waals surface area contributed by atoms with Gasteiger partial charge in [0.05, 0.1) is 12.2 Å². The Kier molecular flexibility index (Phi) is 6.14. The largest absolute Gasteiger partial charge is 0.462 e. The fourth-order valence-corrected chi connectivity index (χ4v) is 3.43. The molecule has 0 aliphatic rings. The number of ether oxygens (including phenoxy) is 1. The number of nitrogens with one attached hydrogen (secondary N) is 1. The maximum absolute atomic E-state index is 12.3. The fraction of sp³-hybridized carbons (Fsp3) is 0.389. The minimum absolute atomic E-state index is 0.287. The zero-order valence-electron chi connectivity index (χ0n) is 15.2. The van der Waals surface area contributed by atoms with E-state index in [1.54, 1.807) is 19.2 Å². The van der Waals surface area contributed by atoms with E-state index in [0.29, 0.717) is 22.9 Å². The molecule has 6 nitrogen and oxygen atoms in total. The molecule has 0 fully saturated rings. The summed E-state index contributed by atoms with van der Waals surface area (Å²) < 4.78 is 7.21. The Hall–Kier alpha value is -2.41. The highest BCUT2D eigenvalue weighted by Crippen LogP contribution is 2.25. The number of hydrogen-bond acceptors (Lipinski definition) is 5. The number of rotatable bonds is 6. The van der Waals surface area contributed by atoms with Gasteiger partial charge < -0.3 is 9.30 Å². The van der Waals surface area contributed by atoms with Crippen LogP contribution in [-0.2, 0) is 16.1 Å². The van der Waals surface area contributed by atoms with Crippen LogP contribution in [-0.4, -0.2) is 28.0 Å². The van der Waals surface area contributed by atoms with E-state index in [9.17, 15) is 9.59 Å². The summed E-state index contributed by atoms with van der Waals surface area (Å²) in [5, 5.41) is 3.27. The van der Waals surface area contributed by atoms with Crippen LogP contribution >= 0.6 is 11.3 Å². The Labute approximate surface area is 151 Å². The Morgan fingerprint density at radius 1 is 1.28 bits per heavy atom. The molecule has 0 aliphatic carbocycles. The standard InChI is InChI=1S/C18H23N3O3S/c1-6-21-12(4)14(16(13(21)5)17(23)24-7-2)8-9-15(22)20-18-19-10-11(3)25-18/h8-10H,6-7H2,1-5H3,(H,19,20,22)/b9-8+. The van der Waals surface area contributed by atoms with Gasteiger partial charge in [-0.05, 0) is 40.7 Å². The molecule has 0 unspecified atom stereocenters. The van der Waals surface area contributed by atoms with E-state index in [1.807, 2.05) is 32.3 Å². The molecule has 2 aromatic heterocycles. The normalized spacial score (nSPS) is 11.1. The van der Waals surface area contributed by atoms with Crippen LogP contribution in [0.15, 0.2) is 12.3 Å². The molecule has 0 aromatic carbocycles. The summed E-state index contributed by atoms with van der Waals surface area (Å²) in [6.45, 7) is 10.6. The van der Waals surface area contributed by atoms with Crippen molar-refractivity contribution < 1.29 is 14.3 Å². The first-order valence-electron chi connectivity index (χ1n) is 8.17. The van der Waals surface area contributed by atoms with Crippen molar-refractivity contribution in [2.24, 2.45) is 0 Å². The lowest BCUT2D eigenvalue weighted by Crippen LogP contribution is -2.09. The van der Waals surface area contributed by atoms with Crippen molar-refractivity contribution in [1.82, 2.24) is 9.55 Å². The summed E-state index contributed by atoms with van der Waals surface area (Å²) in [6.07, 6.45) is 4.79. The molecule has 0 saturated heterocycles. The van der Waals surface area contributed by atoms with E-state index in [2.05, 4.69) is 10.3 Å². The van der Waals surface area contributed by atoms with Gasteiger partial charge in [-0.25, -0.2) is 9.78 Å². The Morgan fingerprint density at radius 2 is 2.00 bits per heavy atom. The van der Waals surface area contributed by atoms with E-state index in [0.717, 1.165) is 22.8 Å². The van der Waals surface area contributed by atoms with Crippen molar-refractivity contribution in [1.29, 1.82) is 0 Å². The first kappa shape index (κ1) is 18.9. The van der Waals surface area contributed by atoms with Crippen molar-refractivity contribution in [2.45, 2.75) is 41.2 Å². The smallest absolute Gasteiger partial charge is 0.340 e. The third kappa shape index (κ3) is 4.17. The third-order valence-corrected chi connectivity index (χ3v) is 4.71. The van der Waals surface area contributed by atoms with Crippen LogP contribution in [0.25, 0.3) is 6.08 Å². The molecule has 0 bridgehead atoms. The monoisotopic (exact) mass is 361 g/mol. The maximum Gasteiger partial charge on any atom is 0.340 e. The van der Waals surface area contributed by atoms with Gasteiger partial charge in [0.2, 0.25) is 5.91 Å². The zero-order chi connectivity index (χ0) is 18.6. The van der Waals surface area contributed by atoms with E-state index >= 15 is 0 Å². The summed E-state index contributed by atoms with van der Waals surface area (Å²) in [7, 11) is 0. The number of anilines is 1. The lowest BCUT2D eigenvalue weighted by molar-refractivity contribution is -0.111. The minimum Gasteiger partial charge on any atom is -0.462 e. The van der Waals surface area contributed by atoms with Crippen LogP contribution in [0.3, 0.4) is 0 Å². The van der Waals surface area contributed by atoms with Crippen LogP contribution < -0.4 is 5.32 Å². The number of hydrogen-bond donors (Lipinski definition) is 1. The van der Waals surface area contributed by atoms with E-state index in [-0.39, 0.29) is 11.9 Å². The summed E-state index contributed by atoms with van der Waals surface area (Å²) in [6, 6.07) is 0. The predicted molar refractivity (Wildman–Crippen MR) is 100 cm³/mol. The number of esters is 1. The van der Waals surface area contributed by atoms with Crippen molar-refractivity contribution in [2.75, 3.05) is 11.9 Å². The Balaban J connectivity index is 2.30. The van der Waals surface area contributed by atoms with E-state index in [4.69, 9.17) is 4.74 Å². The molecule has 0 atom stereocenters. The van der Waals surface area contributed by atoms with Crippen molar-refractivity contribution in [3.63, 3.8) is 0 Å². The third-order valence-electron chi connectivity index (χ3n) is 3.88. The van der Waals surface area contributed by atoms with Crippen molar-refractivity contribution in [3.05, 3.63) is 39.7 Å². The maximum atomic E-state index is 12.3. The second kappa shape index (κ2) is 8.11. The molecule has 0 aliphatic heterocycles. The van der Waals surface area contributed by atoms with Gasteiger partial charge in [-0.2, -0.15) is 0 Å². The molecule has 1 amide bonds. The van der Waals surface area contributed by atoms with Gasteiger partial charge in [-0.3, -0.25) is 10.1 Å². The van der Waals surface area contributed by atoms with E-state index < -0.39 is 0 Å². The van der Waals surface area contributed by atoms with Gasteiger partial charge in [-0.15, -0.1) is 11.3 Å². The van der Waals surface area contributed by atoms with Gasteiger partial charge in [0.15, 0.2) is 5.13 Å². The molecule has 2 aromatic rings. The Morgan fingerprint density at radius 3 is 2.56 bits per heavy atom. The first-order chi connectivity index (χ1) is 11.9. The Bertz CT molecular complexity index is 818. The molecule has 2 rings (SSSR count). The molecule has 0 saturated carbocycles. The summed E-state index contributed by atoms with van der Waals surface area (Å²) >= 11 is 1.41. The summed E-state index contributed by atoms with van der Waals surface area (Å²) in [5.74, 6) is -0.656. The SMILES string of the molecule is CCOC(=O)c1c(/C=C/C(=O)Nc2ncc(C)s2)c(C)n(CC)c1C. The highest BCUT2D eigenvalue weighted by atomic mass is 32.1. The summed E-state index contributed by atoms with van der Waals surface area (Å²) in [4.78, 5) is 29.6. The molecular weight excluding hydrogens is 338 g/mol. The molecular formula is C18H23N3O3S. The molecule has 1 N–H and O–H groups in total. The molecule has 2 heterocycles. The number of carbonyl (C=O) groups is 2. The number of aryl methyl sites for hydroxylation is 1. The number of aromatic nitrogens is 2. The van der Waals surface area contributed by atoms with Crippen LogP contribution in [0.1, 0.15) is 46.0 Å². The van der Waals surface area contributed by atoms with Gasteiger partial charge in [0.25, 0.3) is 0 Å². The van der Waals surface area contributed by atoms with Crippen LogP contribution in [0, 0.1) is 20.8 Å². The van der Waals surface area contributed by atoms with Gasteiger partial charge in [0.1, 0.15) is 0 Å². The first-order valence-corrected chi connectivity index (χ1v) is 8.98. The number of amides is 1. The summed E-state index contributed by atoms with van der Waals surface area (Å²) in [5.41, 5.74) is 2.99.